The van der Waals surface area contributed by atoms with Crippen LogP contribution in [0.25, 0.3) is 0 Å². The van der Waals surface area contributed by atoms with Crippen molar-refractivity contribution in [1.29, 1.82) is 0 Å². The number of aliphatic hydroxyl groups excluding tert-OH is 1. The third-order valence-electron chi connectivity index (χ3n) is 2.35. The van der Waals surface area contributed by atoms with Gasteiger partial charge in [-0.1, -0.05) is 13.0 Å². The van der Waals surface area contributed by atoms with Gasteiger partial charge in [-0.15, -0.1) is 0 Å². The molecule has 4 heteroatoms. The number of hydrogen-bond acceptors (Lipinski definition) is 4. The summed E-state index contributed by atoms with van der Waals surface area (Å²) in [5.41, 5.74) is 7.09. The summed E-state index contributed by atoms with van der Waals surface area (Å²) in [7, 11) is 0. The fourth-order valence-electron chi connectivity index (χ4n) is 1.20. The molecule has 0 heterocycles. The summed E-state index contributed by atoms with van der Waals surface area (Å²) in [5, 5.41) is 21.5. The topological polar surface area (TPSA) is 78.5 Å². The van der Waals surface area contributed by atoms with E-state index in [-0.39, 0.29) is 18.4 Å². The molecular formula is C11H18N2O2. The Morgan fingerprint density at radius 1 is 1.47 bits per heavy atom. The average molecular weight is 210 g/mol. The first-order valence-electron chi connectivity index (χ1n) is 5.09. The van der Waals surface area contributed by atoms with E-state index >= 15 is 0 Å². The molecule has 0 spiro atoms. The number of aliphatic hydroxyl groups is 1. The fraction of sp³-hybridized carbons (Fsp3) is 0.455. The first-order valence-corrected chi connectivity index (χ1v) is 5.09. The highest BCUT2D eigenvalue weighted by molar-refractivity contribution is 5.51. The lowest BCUT2D eigenvalue weighted by Gasteiger charge is -2.12. The molecule has 0 amide bonds. The van der Waals surface area contributed by atoms with Crippen LogP contribution in [-0.2, 0) is 6.61 Å². The van der Waals surface area contributed by atoms with E-state index in [2.05, 4.69) is 5.32 Å². The van der Waals surface area contributed by atoms with Gasteiger partial charge in [-0.3, -0.25) is 0 Å². The molecule has 5 N–H and O–H groups in total. The maximum atomic E-state index is 9.48. The lowest BCUT2D eigenvalue weighted by molar-refractivity contribution is 0.275. The molecule has 0 fully saturated rings. The maximum absolute atomic E-state index is 9.48. The zero-order chi connectivity index (χ0) is 11.3. The first-order chi connectivity index (χ1) is 7.17. The summed E-state index contributed by atoms with van der Waals surface area (Å²) >= 11 is 0. The van der Waals surface area contributed by atoms with E-state index < -0.39 is 0 Å². The van der Waals surface area contributed by atoms with Gasteiger partial charge in [0.2, 0.25) is 0 Å². The quantitative estimate of drug-likeness (QED) is 0.585. The van der Waals surface area contributed by atoms with Crippen molar-refractivity contribution in [2.45, 2.75) is 26.0 Å². The molecule has 1 atom stereocenters. The Balaban J connectivity index is 2.59. The molecule has 84 valence electrons. The third-order valence-corrected chi connectivity index (χ3v) is 2.35. The van der Waals surface area contributed by atoms with Gasteiger partial charge >= 0.3 is 0 Å². The molecule has 1 unspecified atom stereocenters. The van der Waals surface area contributed by atoms with Gasteiger partial charge in [0.05, 0.1) is 6.61 Å². The summed E-state index contributed by atoms with van der Waals surface area (Å²) in [6, 6.07) is 5.21. The maximum Gasteiger partial charge on any atom is 0.123 e. The van der Waals surface area contributed by atoms with E-state index in [1.54, 1.807) is 12.1 Å². The zero-order valence-electron chi connectivity index (χ0n) is 8.90. The molecule has 15 heavy (non-hydrogen) atoms. The summed E-state index contributed by atoms with van der Waals surface area (Å²) in [6.07, 6.45) is 0.910. The standard InChI is InChI=1S/C11H18N2O2/c1-2-9(12)6-13-10-4-3-8(7-14)11(15)5-10/h3-5,9,13-15H,2,6-7,12H2,1H3. The van der Waals surface area contributed by atoms with Gasteiger partial charge in [-0.05, 0) is 12.5 Å². The van der Waals surface area contributed by atoms with E-state index in [9.17, 15) is 5.11 Å². The van der Waals surface area contributed by atoms with Gasteiger partial charge < -0.3 is 21.3 Å². The van der Waals surface area contributed by atoms with Crippen molar-refractivity contribution < 1.29 is 10.2 Å². The molecule has 0 aliphatic rings. The minimum atomic E-state index is -0.152. The monoisotopic (exact) mass is 210 g/mol. The predicted octanol–water partition coefficient (Wildman–Crippen LogP) is 1.03. The summed E-state index contributed by atoms with van der Waals surface area (Å²) < 4.78 is 0. The second-order valence-electron chi connectivity index (χ2n) is 3.55. The molecule has 0 saturated carbocycles. The molecule has 0 radical (unpaired) electrons. The Bertz CT molecular complexity index is 315. The Labute approximate surface area is 89.7 Å². The molecule has 1 aromatic rings. The van der Waals surface area contributed by atoms with Crippen LogP contribution in [0.2, 0.25) is 0 Å². The van der Waals surface area contributed by atoms with Gasteiger partial charge in [-0.25, -0.2) is 0 Å². The predicted molar refractivity (Wildman–Crippen MR) is 60.8 cm³/mol. The molecule has 4 nitrogen and oxygen atoms in total. The van der Waals surface area contributed by atoms with Crippen LogP contribution in [0, 0.1) is 0 Å². The van der Waals surface area contributed by atoms with Gasteiger partial charge in [-0.2, -0.15) is 0 Å². The number of aromatic hydroxyl groups is 1. The van der Waals surface area contributed by atoms with E-state index in [0.29, 0.717) is 12.1 Å². The number of benzene rings is 1. The number of nitrogens with two attached hydrogens (primary N) is 1. The zero-order valence-corrected chi connectivity index (χ0v) is 8.90. The summed E-state index contributed by atoms with van der Waals surface area (Å²) in [4.78, 5) is 0. The molecule has 0 aliphatic heterocycles. The second kappa shape index (κ2) is 5.58. The highest BCUT2D eigenvalue weighted by Crippen LogP contribution is 2.21. The second-order valence-corrected chi connectivity index (χ2v) is 3.55. The van der Waals surface area contributed by atoms with Crippen molar-refractivity contribution in [2.24, 2.45) is 5.73 Å². The number of anilines is 1. The van der Waals surface area contributed by atoms with Gasteiger partial charge in [0.25, 0.3) is 0 Å². The van der Waals surface area contributed by atoms with E-state index in [0.717, 1.165) is 12.1 Å². The molecule has 0 aliphatic carbocycles. The lowest BCUT2D eigenvalue weighted by Crippen LogP contribution is -2.27. The van der Waals surface area contributed by atoms with Gasteiger partial charge in [0.1, 0.15) is 5.75 Å². The van der Waals surface area contributed by atoms with Crippen LogP contribution >= 0.6 is 0 Å². The van der Waals surface area contributed by atoms with Crippen molar-refractivity contribution >= 4 is 5.69 Å². The minimum Gasteiger partial charge on any atom is -0.508 e. The van der Waals surface area contributed by atoms with Crippen molar-refractivity contribution in [1.82, 2.24) is 0 Å². The van der Waals surface area contributed by atoms with E-state index in [1.165, 1.54) is 0 Å². The van der Waals surface area contributed by atoms with Gasteiger partial charge in [0, 0.05) is 29.9 Å². The SMILES string of the molecule is CCC(N)CNc1ccc(CO)c(O)c1. The van der Waals surface area contributed by atoms with Crippen LogP contribution in [-0.4, -0.2) is 22.8 Å². The minimum absolute atomic E-state index is 0.104. The Hall–Kier alpha value is -1.26. The first kappa shape index (κ1) is 11.8. The fourth-order valence-corrected chi connectivity index (χ4v) is 1.20. The third kappa shape index (κ3) is 3.42. The van der Waals surface area contributed by atoms with Crippen molar-refractivity contribution in [3.63, 3.8) is 0 Å². The molecular weight excluding hydrogens is 192 g/mol. The van der Waals surface area contributed by atoms with Crippen molar-refractivity contribution in [3.05, 3.63) is 23.8 Å². The van der Waals surface area contributed by atoms with E-state index in [4.69, 9.17) is 10.8 Å². The molecule has 1 aromatic carbocycles. The van der Waals surface area contributed by atoms with Crippen LogP contribution in [0.1, 0.15) is 18.9 Å². The Morgan fingerprint density at radius 2 is 2.20 bits per heavy atom. The van der Waals surface area contributed by atoms with E-state index in [1.807, 2.05) is 13.0 Å². The van der Waals surface area contributed by atoms with Crippen LogP contribution in [0.3, 0.4) is 0 Å². The van der Waals surface area contributed by atoms with Crippen molar-refractivity contribution in [2.75, 3.05) is 11.9 Å². The average Bonchev–Trinajstić information content (AvgIpc) is 2.26. The lowest BCUT2D eigenvalue weighted by atomic mass is 10.2. The molecule has 0 bridgehead atoms. The van der Waals surface area contributed by atoms with Crippen LogP contribution in [0.5, 0.6) is 5.75 Å². The molecule has 0 aromatic heterocycles. The van der Waals surface area contributed by atoms with Crippen LogP contribution in [0.4, 0.5) is 5.69 Å². The normalized spacial score (nSPS) is 12.5. The number of phenols is 1. The number of rotatable bonds is 5. The Morgan fingerprint density at radius 3 is 2.73 bits per heavy atom. The number of nitrogens with one attached hydrogen (secondary N) is 1. The van der Waals surface area contributed by atoms with Gasteiger partial charge in [0.15, 0.2) is 0 Å². The highest BCUT2D eigenvalue weighted by atomic mass is 16.3. The summed E-state index contributed by atoms with van der Waals surface area (Å²) in [6.45, 7) is 2.55. The van der Waals surface area contributed by atoms with Crippen LogP contribution in [0.15, 0.2) is 18.2 Å². The Kier molecular flexibility index (Phi) is 4.39. The largest absolute Gasteiger partial charge is 0.508 e. The highest BCUT2D eigenvalue weighted by Gasteiger charge is 2.02. The number of hydrogen-bond donors (Lipinski definition) is 4. The van der Waals surface area contributed by atoms with Crippen LogP contribution < -0.4 is 11.1 Å². The smallest absolute Gasteiger partial charge is 0.123 e. The molecule has 1 rings (SSSR count). The molecule has 0 saturated heterocycles. The van der Waals surface area contributed by atoms with Crippen molar-refractivity contribution in [3.8, 4) is 5.75 Å². The summed E-state index contributed by atoms with van der Waals surface area (Å²) in [5.74, 6) is 0.104.